The predicted octanol–water partition coefficient (Wildman–Crippen LogP) is 2.81. The molecule has 2 heterocycles. The van der Waals surface area contributed by atoms with Crippen LogP contribution >= 0.6 is 11.6 Å². The molecule has 24 heavy (non-hydrogen) atoms. The second-order valence-corrected chi connectivity index (χ2v) is 5.89. The van der Waals surface area contributed by atoms with E-state index in [1.54, 1.807) is 12.0 Å². The van der Waals surface area contributed by atoms with E-state index in [9.17, 15) is 9.59 Å². The Morgan fingerprint density at radius 1 is 1.33 bits per heavy atom. The maximum Gasteiger partial charge on any atom is 0.355 e. The number of hydrogen-bond donors (Lipinski definition) is 1. The molecular formula is C17H17ClN2O4. The number of rotatable bonds is 4. The lowest BCUT2D eigenvalue weighted by molar-refractivity contribution is -0.121. The highest BCUT2D eigenvalue weighted by Gasteiger charge is 2.24. The summed E-state index contributed by atoms with van der Waals surface area (Å²) < 4.78 is 10.3. The first kappa shape index (κ1) is 16.4. The van der Waals surface area contributed by atoms with Crippen LogP contribution in [0.25, 0.3) is 0 Å². The average molecular weight is 349 g/mol. The van der Waals surface area contributed by atoms with Crippen molar-refractivity contribution in [2.75, 3.05) is 25.2 Å². The topological polar surface area (TPSA) is 71.6 Å². The Morgan fingerprint density at radius 3 is 2.88 bits per heavy atom. The van der Waals surface area contributed by atoms with Crippen molar-refractivity contribution in [3.63, 3.8) is 0 Å². The van der Waals surface area contributed by atoms with Gasteiger partial charge in [-0.15, -0.1) is 0 Å². The average Bonchev–Trinajstić information content (AvgIpc) is 3.04. The van der Waals surface area contributed by atoms with Crippen LogP contribution in [0.2, 0.25) is 5.02 Å². The Balaban J connectivity index is 1.67. The summed E-state index contributed by atoms with van der Waals surface area (Å²) in [5.41, 5.74) is 2.11. The number of hydrogen-bond acceptors (Lipinski definition) is 4. The number of anilines is 1. The third-order valence-electron chi connectivity index (χ3n) is 3.90. The van der Waals surface area contributed by atoms with Gasteiger partial charge in [-0.05, 0) is 42.7 Å². The van der Waals surface area contributed by atoms with Crippen molar-refractivity contribution < 1.29 is 19.1 Å². The molecule has 0 saturated heterocycles. The molecule has 0 spiro atoms. The van der Waals surface area contributed by atoms with E-state index in [-0.39, 0.29) is 18.2 Å². The molecule has 0 unspecified atom stereocenters. The van der Waals surface area contributed by atoms with Crippen LogP contribution in [0.3, 0.4) is 0 Å². The lowest BCUT2D eigenvalue weighted by atomic mass is 10.0. The molecule has 1 aliphatic heterocycles. The van der Waals surface area contributed by atoms with Crippen LogP contribution in [0.1, 0.15) is 22.5 Å². The first-order valence-electron chi connectivity index (χ1n) is 7.57. The van der Waals surface area contributed by atoms with Crippen molar-refractivity contribution in [3.8, 4) is 5.75 Å². The van der Waals surface area contributed by atoms with Gasteiger partial charge in [-0.1, -0.05) is 11.6 Å². The normalized spacial score (nSPS) is 13.3. The number of H-pyrrole nitrogens is 1. The van der Waals surface area contributed by atoms with Gasteiger partial charge in [-0.25, -0.2) is 4.79 Å². The number of carbonyl (C=O) groups excluding carboxylic acids is 2. The Morgan fingerprint density at radius 2 is 2.17 bits per heavy atom. The van der Waals surface area contributed by atoms with Crippen molar-refractivity contribution in [1.82, 2.24) is 4.98 Å². The van der Waals surface area contributed by atoms with Gasteiger partial charge in [0.25, 0.3) is 5.91 Å². The van der Waals surface area contributed by atoms with E-state index in [2.05, 4.69) is 4.98 Å². The second kappa shape index (κ2) is 6.97. The van der Waals surface area contributed by atoms with Crippen molar-refractivity contribution in [2.24, 2.45) is 0 Å². The number of nitrogens with one attached hydrogen (secondary N) is 1. The summed E-state index contributed by atoms with van der Waals surface area (Å²) in [6, 6.07) is 7.06. The number of ether oxygens (including phenoxy) is 2. The highest BCUT2D eigenvalue weighted by Crippen LogP contribution is 2.30. The third kappa shape index (κ3) is 3.38. The smallest absolute Gasteiger partial charge is 0.355 e. The number of nitrogens with zero attached hydrogens (tertiary/aromatic N) is 1. The van der Waals surface area contributed by atoms with E-state index >= 15 is 0 Å². The van der Waals surface area contributed by atoms with Crippen LogP contribution < -0.4 is 9.64 Å². The largest absolute Gasteiger partial charge is 0.497 e. The molecule has 6 nitrogen and oxygen atoms in total. The molecule has 0 radical (unpaired) electrons. The van der Waals surface area contributed by atoms with Gasteiger partial charge in [0, 0.05) is 18.4 Å². The quantitative estimate of drug-likeness (QED) is 0.862. The van der Waals surface area contributed by atoms with E-state index in [0.717, 1.165) is 29.8 Å². The Kier molecular flexibility index (Phi) is 4.76. The minimum Gasteiger partial charge on any atom is -0.497 e. The fourth-order valence-corrected chi connectivity index (χ4v) is 2.89. The van der Waals surface area contributed by atoms with Crippen LogP contribution in [0, 0.1) is 0 Å². The molecular weight excluding hydrogens is 332 g/mol. The molecule has 126 valence electrons. The summed E-state index contributed by atoms with van der Waals surface area (Å²) in [6.07, 6.45) is 3.22. The van der Waals surface area contributed by atoms with E-state index in [0.29, 0.717) is 11.6 Å². The molecule has 1 aliphatic rings. The fourth-order valence-electron chi connectivity index (χ4n) is 2.73. The van der Waals surface area contributed by atoms with Crippen molar-refractivity contribution in [1.29, 1.82) is 0 Å². The summed E-state index contributed by atoms with van der Waals surface area (Å²) >= 11 is 5.75. The Labute approximate surface area is 144 Å². The van der Waals surface area contributed by atoms with Crippen LogP contribution in [-0.4, -0.2) is 37.1 Å². The van der Waals surface area contributed by atoms with Crippen molar-refractivity contribution in [3.05, 3.63) is 46.7 Å². The first-order chi connectivity index (χ1) is 11.6. The van der Waals surface area contributed by atoms with Crippen molar-refractivity contribution >= 4 is 29.2 Å². The minimum absolute atomic E-state index is 0.219. The van der Waals surface area contributed by atoms with Crippen molar-refractivity contribution in [2.45, 2.75) is 12.8 Å². The molecule has 1 aromatic carbocycles. The van der Waals surface area contributed by atoms with Gasteiger partial charge in [-0.2, -0.15) is 0 Å². The molecule has 7 heteroatoms. The Hall–Kier alpha value is -2.47. The number of aromatic nitrogens is 1. The fraction of sp³-hybridized carbons (Fsp3) is 0.294. The van der Waals surface area contributed by atoms with Crippen LogP contribution in [0.4, 0.5) is 5.69 Å². The number of esters is 1. The maximum atomic E-state index is 12.4. The lowest BCUT2D eigenvalue weighted by Gasteiger charge is -2.29. The predicted molar refractivity (Wildman–Crippen MR) is 89.8 cm³/mol. The highest BCUT2D eigenvalue weighted by atomic mass is 35.5. The molecule has 3 rings (SSSR count). The zero-order chi connectivity index (χ0) is 17.1. The number of amides is 1. The lowest BCUT2D eigenvalue weighted by Crippen LogP contribution is -2.38. The number of carbonyl (C=O) groups is 2. The number of methoxy groups -OCH3 is 1. The third-order valence-corrected chi connectivity index (χ3v) is 4.12. The van der Waals surface area contributed by atoms with Crippen LogP contribution in [0.5, 0.6) is 5.75 Å². The first-order valence-corrected chi connectivity index (χ1v) is 7.94. The monoisotopic (exact) mass is 348 g/mol. The number of aryl methyl sites for hydroxylation is 1. The summed E-state index contributed by atoms with van der Waals surface area (Å²) in [6.45, 7) is 0.283. The van der Waals surface area contributed by atoms with E-state index < -0.39 is 5.97 Å². The molecule has 0 saturated carbocycles. The summed E-state index contributed by atoms with van der Waals surface area (Å²) in [5, 5.41) is 0.409. The van der Waals surface area contributed by atoms with Gasteiger partial charge in [0.05, 0.1) is 12.1 Å². The maximum absolute atomic E-state index is 12.4. The van der Waals surface area contributed by atoms with Gasteiger partial charge in [0.1, 0.15) is 11.4 Å². The summed E-state index contributed by atoms with van der Waals surface area (Å²) in [4.78, 5) is 28.6. The molecule has 0 aliphatic carbocycles. The van der Waals surface area contributed by atoms with Gasteiger partial charge >= 0.3 is 5.97 Å². The SMILES string of the molecule is COc1ccc2c(c1)CCCN2C(=O)COC(=O)c1cc(Cl)c[nH]1. The Bertz CT molecular complexity index is 772. The number of aromatic amines is 1. The molecule has 0 atom stereocenters. The molecule has 1 N–H and O–H groups in total. The number of benzene rings is 1. The van der Waals surface area contributed by atoms with Gasteiger partial charge in [-0.3, -0.25) is 4.79 Å². The summed E-state index contributed by atoms with van der Waals surface area (Å²) in [5.74, 6) is -0.104. The number of fused-ring (bicyclic) bond motifs is 1. The van der Waals surface area contributed by atoms with Gasteiger partial charge in [0.15, 0.2) is 6.61 Å². The zero-order valence-electron chi connectivity index (χ0n) is 13.2. The highest BCUT2D eigenvalue weighted by molar-refractivity contribution is 6.30. The van der Waals surface area contributed by atoms with Gasteiger partial charge in [0.2, 0.25) is 0 Å². The molecule has 2 aromatic rings. The standard InChI is InChI=1S/C17H17ClN2O4/c1-23-13-4-5-15-11(7-13)3-2-6-20(15)16(21)10-24-17(22)14-8-12(18)9-19-14/h4-5,7-9,19H,2-3,6,10H2,1H3. The minimum atomic E-state index is -0.609. The molecule has 1 aromatic heterocycles. The second-order valence-electron chi connectivity index (χ2n) is 5.45. The molecule has 0 bridgehead atoms. The van der Waals surface area contributed by atoms with Crippen LogP contribution in [-0.2, 0) is 16.0 Å². The van der Waals surface area contributed by atoms with E-state index in [1.165, 1.54) is 12.3 Å². The molecule has 1 amide bonds. The zero-order valence-corrected chi connectivity index (χ0v) is 13.9. The van der Waals surface area contributed by atoms with Crippen LogP contribution in [0.15, 0.2) is 30.5 Å². The summed E-state index contributed by atoms with van der Waals surface area (Å²) in [7, 11) is 1.61. The van der Waals surface area contributed by atoms with E-state index in [1.807, 2.05) is 18.2 Å². The molecule has 0 fully saturated rings. The number of halogens is 1. The van der Waals surface area contributed by atoms with E-state index in [4.69, 9.17) is 21.1 Å². The van der Waals surface area contributed by atoms with Gasteiger partial charge < -0.3 is 19.4 Å².